The van der Waals surface area contributed by atoms with Crippen molar-refractivity contribution in [2.75, 3.05) is 20.1 Å². The number of nitrogens with zero attached hydrogens (tertiary/aromatic N) is 2. The predicted molar refractivity (Wildman–Crippen MR) is 151 cm³/mol. The number of likely N-dealkylation sites (N-methyl/N-ethyl adjacent to an activating group) is 1. The summed E-state index contributed by atoms with van der Waals surface area (Å²) >= 11 is 0. The molecule has 3 aliphatic carbocycles. The fourth-order valence-electron chi connectivity index (χ4n) is 8.52. The van der Waals surface area contributed by atoms with Gasteiger partial charge in [-0.25, -0.2) is 0 Å². The Bertz CT molecular complexity index is 1490. The standard InChI is InChI=1S/C33H35F3N2O5/c1-20(39)42-32-14-13-25(37(2)28(40)12-11-21-5-3-7-24(17-21)43-33(34,35)36)30-31(32)15-16-38(19-22-9-10-22)27(32)18-23-6-4-8-26(41-30)29(23)31/h3-8,11-12,17,22,25,27,30H,9-10,13-16,18-19H2,1-2H3/t25-,27+,30-,31-,32+/m0/s1. The maximum Gasteiger partial charge on any atom is 0.573 e. The van der Waals surface area contributed by atoms with Crippen molar-refractivity contribution < 1.29 is 37.0 Å². The third kappa shape index (κ3) is 4.60. The van der Waals surface area contributed by atoms with Crippen LogP contribution in [-0.2, 0) is 26.2 Å². The summed E-state index contributed by atoms with van der Waals surface area (Å²) in [4.78, 5) is 30.5. The molecule has 2 aromatic carbocycles. The number of carbonyl (C=O) groups is 2. The molecule has 0 unspecified atom stereocenters. The summed E-state index contributed by atoms with van der Waals surface area (Å²) < 4.78 is 55.3. The molecule has 0 N–H and O–H groups in total. The lowest BCUT2D eigenvalue weighted by atomic mass is 9.48. The van der Waals surface area contributed by atoms with Crippen LogP contribution in [0.3, 0.4) is 0 Å². The van der Waals surface area contributed by atoms with E-state index in [1.807, 2.05) is 12.1 Å². The van der Waals surface area contributed by atoms with E-state index in [1.54, 1.807) is 18.0 Å². The number of esters is 1. The minimum Gasteiger partial charge on any atom is -0.487 e. The monoisotopic (exact) mass is 596 g/mol. The molecule has 43 heavy (non-hydrogen) atoms. The number of carbonyl (C=O) groups excluding carboxylic acids is 2. The molecule has 2 saturated carbocycles. The zero-order chi connectivity index (χ0) is 30.1. The van der Waals surface area contributed by atoms with Crippen LogP contribution in [0.25, 0.3) is 6.08 Å². The molecule has 1 saturated heterocycles. The van der Waals surface area contributed by atoms with E-state index in [4.69, 9.17) is 9.47 Å². The topological polar surface area (TPSA) is 68.3 Å². The second-order valence-electron chi connectivity index (χ2n) is 12.7. The number of benzene rings is 2. The minimum absolute atomic E-state index is 0.0331. The molecule has 7 rings (SSSR count). The Morgan fingerprint density at radius 1 is 1.14 bits per heavy atom. The summed E-state index contributed by atoms with van der Waals surface area (Å²) in [5.41, 5.74) is 1.42. The first kappa shape index (κ1) is 28.3. The molecule has 2 aliphatic heterocycles. The van der Waals surface area contributed by atoms with E-state index in [-0.39, 0.29) is 29.7 Å². The molecule has 0 aromatic heterocycles. The number of amides is 1. The highest BCUT2D eigenvalue weighted by Gasteiger charge is 2.75. The van der Waals surface area contributed by atoms with E-state index >= 15 is 0 Å². The van der Waals surface area contributed by atoms with E-state index in [2.05, 4.69) is 15.7 Å². The van der Waals surface area contributed by atoms with Gasteiger partial charge in [0.05, 0.1) is 17.5 Å². The molecule has 5 aliphatic rings. The first-order chi connectivity index (χ1) is 20.5. The smallest absolute Gasteiger partial charge is 0.487 e. The number of rotatable bonds is 7. The molecule has 5 atom stereocenters. The highest BCUT2D eigenvalue weighted by Crippen LogP contribution is 2.66. The normalized spacial score (nSPS) is 30.9. The van der Waals surface area contributed by atoms with Crippen LogP contribution in [0.1, 0.15) is 55.7 Å². The molecule has 2 bridgehead atoms. The number of halogens is 3. The summed E-state index contributed by atoms with van der Waals surface area (Å²) in [7, 11) is 1.74. The fraction of sp³-hybridized carbons (Fsp3) is 0.515. The fourth-order valence-corrected chi connectivity index (χ4v) is 8.52. The lowest BCUT2D eigenvalue weighted by Gasteiger charge is -2.65. The molecule has 1 amide bonds. The Morgan fingerprint density at radius 2 is 1.93 bits per heavy atom. The van der Waals surface area contributed by atoms with Gasteiger partial charge in [0, 0.05) is 32.2 Å². The molecular weight excluding hydrogens is 561 g/mol. The van der Waals surface area contributed by atoms with Crippen molar-refractivity contribution in [1.29, 1.82) is 0 Å². The SMILES string of the molecule is CC(=O)O[C@@]12CC[C@H](N(C)C(=O)C=Cc3cccc(OC(F)(F)F)c3)[C@@H]3Oc4cccc5c4[C@@]31CCN(CC1CC1)[C@@H]2C5. The number of ether oxygens (including phenoxy) is 3. The zero-order valence-corrected chi connectivity index (χ0v) is 24.2. The van der Waals surface area contributed by atoms with Crippen molar-refractivity contribution in [3.05, 3.63) is 65.2 Å². The van der Waals surface area contributed by atoms with E-state index in [9.17, 15) is 22.8 Å². The largest absolute Gasteiger partial charge is 0.573 e. The summed E-state index contributed by atoms with van der Waals surface area (Å²) in [6.45, 7) is 3.37. The summed E-state index contributed by atoms with van der Waals surface area (Å²) in [6, 6.07) is 11.4. The number of piperidine rings is 1. The van der Waals surface area contributed by atoms with Gasteiger partial charge in [-0.05, 0) is 86.4 Å². The number of hydrogen-bond acceptors (Lipinski definition) is 6. The third-order valence-corrected chi connectivity index (χ3v) is 10.3. The summed E-state index contributed by atoms with van der Waals surface area (Å²) in [6.07, 6.45) is 2.87. The van der Waals surface area contributed by atoms with Gasteiger partial charge in [-0.2, -0.15) is 0 Å². The Morgan fingerprint density at radius 3 is 2.67 bits per heavy atom. The van der Waals surface area contributed by atoms with Crippen LogP contribution in [-0.4, -0.2) is 72.0 Å². The molecule has 2 heterocycles. The van der Waals surface area contributed by atoms with Crippen LogP contribution < -0.4 is 9.47 Å². The van der Waals surface area contributed by atoms with Crippen molar-refractivity contribution in [3.63, 3.8) is 0 Å². The van der Waals surface area contributed by atoms with Gasteiger partial charge >= 0.3 is 12.3 Å². The van der Waals surface area contributed by atoms with Crippen LogP contribution in [0.4, 0.5) is 13.2 Å². The van der Waals surface area contributed by atoms with E-state index < -0.39 is 23.5 Å². The van der Waals surface area contributed by atoms with Gasteiger partial charge in [0.2, 0.25) is 5.91 Å². The molecule has 1 spiro atoms. The van der Waals surface area contributed by atoms with Gasteiger partial charge in [0.15, 0.2) is 0 Å². The van der Waals surface area contributed by atoms with E-state index in [1.165, 1.54) is 55.7 Å². The molecule has 228 valence electrons. The van der Waals surface area contributed by atoms with Crippen molar-refractivity contribution in [3.8, 4) is 11.5 Å². The number of hydrogen-bond donors (Lipinski definition) is 0. The van der Waals surface area contributed by atoms with Crippen LogP contribution in [0.15, 0.2) is 48.5 Å². The summed E-state index contributed by atoms with van der Waals surface area (Å²) in [5, 5.41) is 0. The minimum atomic E-state index is -4.80. The molecular formula is C33H35F3N2O5. The highest BCUT2D eigenvalue weighted by atomic mass is 19.4. The maximum atomic E-state index is 13.5. The first-order valence-corrected chi connectivity index (χ1v) is 15.0. The number of alkyl halides is 3. The molecule has 10 heteroatoms. The van der Waals surface area contributed by atoms with Crippen molar-refractivity contribution in [1.82, 2.24) is 9.80 Å². The van der Waals surface area contributed by atoms with Gasteiger partial charge in [0.25, 0.3) is 0 Å². The van der Waals surface area contributed by atoms with Gasteiger partial charge in [-0.15, -0.1) is 13.2 Å². The molecule has 7 nitrogen and oxygen atoms in total. The third-order valence-electron chi connectivity index (χ3n) is 10.3. The van der Waals surface area contributed by atoms with Gasteiger partial charge in [-0.1, -0.05) is 24.3 Å². The van der Waals surface area contributed by atoms with Crippen LogP contribution in [0.5, 0.6) is 11.5 Å². The van der Waals surface area contributed by atoms with Crippen molar-refractivity contribution in [2.24, 2.45) is 5.92 Å². The van der Waals surface area contributed by atoms with Crippen LogP contribution in [0, 0.1) is 5.92 Å². The summed E-state index contributed by atoms with van der Waals surface area (Å²) in [5.74, 6) is 0.558. The average Bonchev–Trinajstić information content (AvgIpc) is 3.69. The molecule has 0 radical (unpaired) electrons. The average molecular weight is 597 g/mol. The Kier molecular flexibility index (Phi) is 6.57. The van der Waals surface area contributed by atoms with Crippen LogP contribution >= 0.6 is 0 Å². The second-order valence-corrected chi connectivity index (χ2v) is 12.7. The van der Waals surface area contributed by atoms with E-state index in [0.29, 0.717) is 24.3 Å². The van der Waals surface area contributed by atoms with Crippen molar-refractivity contribution in [2.45, 2.75) is 81.0 Å². The Hall–Kier alpha value is -3.53. The predicted octanol–water partition coefficient (Wildman–Crippen LogP) is 5.26. The second kappa shape index (κ2) is 10.0. The highest BCUT2D eigenvalue weighted by molar-refractivity contribution is 5.92. The molecule has 2 aromatic rings. The maximum absolute atomic E-state index is 13.5. The lowest BCUT2D eigenvalue weighted by Crippen LogP contribution is -2.79. The quantitative estimate of drug-likeness (QED) is 0.321. The lowest BCUT2D eigenvalue weighted by molar-refractivity contribution is -0.274. The van der Waals surface area contributed by atoms with Crippen molar-refractivity contribution >= 4 is 18.0 Å². The van der Waals surface area contributed by atoms with E-state index in [0.717, 1.165) is 37.2 Å². The number of likely N-dealkylation sites (tertiary alicyclic amines) is 1. The zero-order valence-electron chi connectivity index (χ0n) is 24.2. The van der Waals surface area contributed by atoms with Crippen LogP contribution in [0.2, 0.25) is 0 Å². The molecule has 3 fully saturated rings. The first-order valence-electron chi connectivity index (χ1n) is 15.0. The Labute approximate surface area is 248 Å². The van der Waals surface area contributed by atoms with Gasteiger partial charge in [-0.3, -0.25) is 14.5 Å². The van der Waals surface area contributed by atoms with Gasteiger partial charge in [0.1, 0.15) is 23.2 Å². The van der Waals surface area contributed by atoms with Gasteiger partial charge < -0.3 is 19.1 Å². The Balaban J connectivity index is 1.21.